The Morgan fingerprint density at radius 1 is 1.05 bits per heavy atom. The molecule has 2 N–H and O–H groups in total. The van der Waals surface area contributed by atoms with Crippen LogP contribution in [0.25, 0.3) is 11.5 Å². The molecule has 206 valence electrons. The molecule has 1 atom stereocenters. The molecule has 39 heavy (non-hydrogen) atoms. The van der Waals surface area contributed by atoms with Gasteiger partial charge in [0.25, 0.3) is 5.91 Å². The molecule has 11 nitrogen and oxygen atoms in total. The smallest absolute Gasteiger partial charge is 0.320 e. The SMILES string of the molecule is CC.COc1cc2c(cc1C(=O)Nc1cccc(-c3nnc4n3CCC4)n1)CN(C(=O)N1CCC(O)C1)CC2. The van der Waals surface area contributed by atoms with Gasteiger partial charge in [-0.2, -0.15) is 0 Å². The molecule has 3 aromatic rings. The van der Waals surface area contributed by atoms with E-state index in [2.05, 4.69) is 25.1 Å². The number of rotatable bonds is 4. The standard InChI is InChI=1S/C26H29N7O4.C2H6/c1-37-21-13-16-7-10-31(26(36)32-11-8-18(34)15-32)14-17(16)12-19(21)25(35)28-22-5-2-4-20(27-22)24-30-29-23-6-3-9-33(23)24;1-2/h2,4-5,12-13,18,34H,3,6-11,14-15H2,1H3,(H,27,28,35);1-2H3. The molecule has 11 heteroatoms. The van der Waals surface area contributed by atoms with Crippen LogP contribution >= 0.6 is 0 Å². The molecule has 1 saturated heterocycles. The molecule has 3 aliphatic rings. The second kappa shape index (κ2) is 11.4. The summed E-state index contributed by atoms with van der Waals surface area (Å²) in [6.07, 6.45) is 2.76. The number of nitrogens with zero attached hydrogens (tertiary/aromatic N) is 6. The van der Waals surface area contributed by atoms with Crippen LogP contribution in [0, 0.1) is 0 Å². The number of ether oxygens (including phenoxy) is 1. The van der Waals surface area contributed by atoms with E-state index in [0.29, 0.717) is 67.7 Å². The highest BCUT2D eigenvalue weighted by molar-refractivity contribution is 6.06. The normalized spacial score (nSPS) is 17.7. The zero-order chi connectivity index (χ0) is 27.5. The predicted molar refractivity (Wildman–Crippen MR) is 146 cm³/mol. The van der Waals surface area contributed by atoms with Crippen molar-refractivity contribution in [3.63, 3.8) is 0 Å². The van der Waals surface area contributed by atoms with Crippen molar-refractivity contribution in [3.05, 3.63) is 52.8 Å². The fourth-order valence-corrected chi connectivity index (χ4v) is 5.36. The maximum atomic E-state index is 13.3. The minimum atomic E-state index is -0.460. The van der Waals surface area contributed by atoms with Crippen LogP contribution in [-0.2, 0) is 25.9 Å². The summed E-state index contributed by atoms with van der Waals surface area (Å²) in [5.41, 5.74) is 2.99. The third-order valence-corrected chi connectivity index (χ3v) is 7.31. The molecule has 2 aromatic heterocycles. The topological polar surface area (TPSA) is 126 Å². The van der Waals surface area contributed by atoms with E-state index in [9.17, 15) is 14.7 Å². The highest BCUT2D eigenvalue weighted by Gasteiger charge is 2.31. The number of aromatic nitrogens is 4. The Labute approximate surface area is 227 Å². The molecule has 1 unspecified atom stereocenters. The first kappa shape index (κ1) is 26.6. The lowest BCUT2D eigenvalue weighted by molar-refractivity contribution is 0.102. The molecule has 3 amide bonds. The van der Waals surface area contributed by atoms with Crippen LogP contribution in [0.15, 0.2) is 30.3 Å². The Hall–Kier alpha value is -3.99. The number of hydrogen-bond acceptors (Lipinski definition) is 7. The molecule has 1 fully saturated rings. The number of carbonyl (C=O) groups is 2. The average Bonchev–Trinajstić information content (AvgIpc) is 3.70. The lowest BCUT2D eigenvalue weighted by Gasteiger charge is -2.32. The zero-order valence-corrected chi connectivity index (χ0v) is 22.7. The van der Waals surface area contributed by atoms with Crippen molar-refractivity contribution in [1.29, 1.82) is 0 Å². The van der Waals surface area contributed by atoms with Gasteiger partial charge in [0.2, 0.25) is 0 Å². The number of aliphatic hydroxyl groups excluding tert-OH is 1. The quantitative estimate of drug-likeness (QED) is 0.528. The van der Waals surface area contributed by atoms with Crippen LogP contribution in [0.3, 0.4) is 0 Å². The Morgan fingerprint density at radius 3 is 2.67 bits per heavy atom. The first-order valence-electron chi connectivity index (χ1n) is 13.6. The van der Waals surface area contributed by atoms with Crippen LogP contribution in [0.5, 0.6) is 5.75 Å². The van der Waals surface area contributed by atoms with Crippen molar-refractivity contribution in [1.82, 2.24) is 29.5 Å². The molecule has 0 saturated carbocycles. The van der Waals surface area contributed by atoms with Crippen molar-refractivity contribution in [2.75, 3.05) is 32.1 Å². The summed E-state index contributed by atoms with van der Waals surface area (Å²) in [5.74, 6) is 2.19. The molecular formula is C28H35N7O4. The maximum Gasteiger partial charge on any atom is 0.320 e. The number of aryl methyl sites for hydroxylation is 1. The van der Waals surface area contributed by atoms with E-state index in [4.69, 9.17) is 4.74 Å². The van der Waals surface area contributed by atoms with Gasteiger partial charge < -0.3 is 29.5 Å². The number of benzene rings is 1. The fourth-order valence-electron chi connectivity index (χ4n) is 5.36. The highest BCUT2D eigenvalue weighted by atomic mass is 16.5. The molecule has 0 aliphatic carbocycles. The highest BCUT2D eigenvalue weighted by Crippen LogP contribution is 2.30. The van der Waals surface area contributed by atoms with Crippen molar-refractivity contribution < 1.29 is 19.4 Å². The summed E-state index contributed by atoms with van der Waals surface area (Å²) in [7, 11) is 1.54. The van der Waals surface area contributed by atoms with Crippen LogP contribution in [0.1, 0.15) is 54.0 Å². The molecular weight excluding hydrogens is 498 g/mol. The van der Waals surface area contributed by atoms with Crippen LogP contribution < -0.4 is 10.1 Å². The van der Waals surface area contributed by atoms with E-state index in [-0.39, 0.29) is 11.9 Å². The van der Waals surface area contributed by atoms with Gasteiger partial charge in [0.05, 0.1) is 18.8 Å². The predicted octanol–water partition coefficient (Wildman–Crippen LogP) is 3.12. The molecule has 0 bridgehead atoms. The summed E-state index contributed by atoms with van der Waals surface area (Å²) >= 11 is 0. The summed E-state index contributed by atoms with van der Waals surface area (Å²) in [5, 5.41) is 21.2. The molecule has 1 aromatic carbocycles. The van der Waals surface area contributed by atoms with Gasteiger partial charge in [-0.1, -0.05) is 19.9 Å². The number of nitrogens with one attached hydrogen (secondary N) is 1. The van der Waals surface area contributed by atoms with Gasteiger partial charge in [0, 0.05) is 39.1 Å². The third kappa shape index (κ3) is 5.31. The van der Waals surface area contributed by atoms with E-state index >= 15 is 0 Å². The zero-order valence-electron chi connectivity index (χ0n) is 22.7. The third-order valence-electron chi connectivity index (χ3n) is 7.31. The van der Waals surface area contributed by atoms with Gasteiger partial charge in [-0.15, -0.1) is 10.2 Å². The number of β-amino-alcohol motifs (C(OH)–C–C–N with tert-alkyl or cyclic N) is 1. The first-order chi connectivity index (χ1) is 19.0. The van der Waals surface area contributed by atoms with Crippen LogP contribution in [0.2, 0.25) is 0 Å². The molecule has 0 radical (unpaired) electrons. The monoisotopic (exact) mass is 533 g/mol. The summed E-state index contributed by atoms with van der Waals surface area (Å²) in [4.78, 5) is 34.4. The van der Waals surface area contributed by atoms with Crippen molar-refractivity contribution >= 4 is 17.8 Å². The van der Waals surface area contributed by atoms with E-state index in [1.807, 2.05) is 32.0 Å². The summed E-state index contributed by atoms with van der Waals surface area (Å²) < 4.78 is 7.62. The molecule has 0 spiro atoms. The molecule has 6 rings (SSSR count). The summed E-state index contributed by atoms with van der Waals surface area (Å²) in [6, 6.07) is 9.03. The van der Waals surface area contributed by atoms with Gasteiger partial charge in [0.15, 0.2) is 5.82 Å². The number of fused-ring (bicyclic) bond motifs is 2. The van der Waals surface area contributed by atoms with E-state index in [1.54, 1.807) is 29.0 Å². The second-order valence-corrected chi connectivity index (χ2v) is 9.72. The Morgan fingerprint density at radius 2 is 1.90 bits per heavy atom. The minimum Gasteiger partial charge on any atom is -0.496 e. The Balaban J connectivity index is 0.00000151. The van der Waals surface area contributed by atoms with Gasteiger partial charge >= 0.3 is 6.03 Å². The minimum absolute atomic E-state index is 0.0787. The van der Waals surface area contributed by atoms with Gasteiger partial charge in [-0.3, -0.25) is 4.79 Å². The summed E-state index contributed by atoms with van der Waals surface area (Å²) in [6.45, 7) is 6.76. The maximum absolute atomic E-state index is 13.3. The fraction of sp³-hybridized carbons (Fsp3) is 0.464. The lowest BCUT2D eigenvalue weighted by atomic mass is 9.96. The van der Waals surface area contributed by atoms with E-state index < -0.39 is 6.10 Å². The number of aliphatic hydroxyl groups is 1. The number of pyridine rings is 1. The number of anilines is 1. The van der Waals surface area contributed by atoms with Gasteiger partial charge in [-0.05, 0) is 54.7 Å². The van der Waals surface area contributed by atoms with E-state index in [1.165, 1.54) is 0 Å². The number of carbonyl (C=O) groups excluding carboxylic acids is 2. The van der Waals surface area contributed by atoms with E-state index in [0.717, 1.165) is 36.3 Å². The van der Waals surface area contributed by atoms with Gasteiger partial charge in [-0.25, -0.2) is 9.78 Å². The largest absolute Gasteiger partial charge is 0.496 e. The second-order valence-electron chi connectivity index (χ2n) is 9.72. The lowest BCUT2D eigenvalue weighted by Crippen LogP contribution is -2.44. The number of amides is 3. The van der Waals surface area contributed by atoms with Crippen molar-refractivity contribution in [3.8, 4) is 17.3 Å². The number of methoxy groups -OCH3 is 1. The number of hydrogen-bond donors (Lipinski definition) is 2. The average molecular weight is 534 g/mol. The Bertz CT molecular complexity index is 1370. The molecule has 3 aliphatic heterocycles. The van der Waals surface area contributed by atoms with Crippen LogP contribution in [0.4, 0.5) is 10.6 Å². The number of likely N-dealkylation sites (tertiary alicyclic amines) is 1. The molecule has 5 heterocycles. The Kier molecular flexibility index (Phi) is 7.78. The van der Waals surface area contributed by atoms with Crippen LogP contribution in [-0.4, -0.2) is 79.4 Å². The van der Waals surface area contributed by atoms with Crippen molar-refractivity contribution in [2.24, 2.45) is 0 Å². The van der Waals surface area contributed by atoms with Gasteiger partial charge in [0.1, 0.15) is 23.1 Å². The number of urea groups is 1. The first-order valence-corrected chi connectivity index (χ1v) is 13.6. The van der Waals surface area contributed by atoms with Crippen molar-refractivity contribution in [2.45, 2.75) is 58.7 Å².